The molecule has 0 saturated heterocycles. The fourth-order valence-corrected chi connectivity index (χ4v) is 3.06. The van der Waals surface area contributed by atoms with E-state index in [9.17, 15) is 0 Å². The van der Waals surface area contributed by atoms with E-state index in [0.717, 1.165) is 17.1 Å². The van der Waals surface area contributed by atoms with E-state index in [0.29, 0.717) is 18.0 Å². The topological polar surface area (TPSA) is 49.8 Å². The van der Waals surface area contributed by atoms with Gasteiger partial charge in [0, 0.05) is 23.7 Å². The van der Waals surface area contributed by atoms with Crippen LogP contribution in [0.15, 0.2) is 36.4 Å². The van der Waals surface area contributed by atoms with Gasteiger partial charge in [0.05, 0.1) is 5.69 Å². The van der Waals surface area contributed by atoms with Crippen LogP contribution < -0.4 is 10.6 Å². The van der Waals surface area contributed by atoms with Gasteiger partial charge in [0.15, 0.2) is 0 Å². The summed E-state index contributed by atoms with van der Waals surface area (Å²) in [6.45, 7) is 4.21. The zero-order valence-corrected chi connectivity index (χ0v) is 14.0. The molecule has 1 fully saturated rings. The van der Waals surface area contributed by atoms with Gasteiger partial charge in [-0.2, -0.15) is 4.98 Å². The fourth-order valence-electron chi connectivity index (χ4n) is 3.06. The van der Waals surface area contributed by atoms with E-state index in [4.69, 9.17) is 0 Å². The van der Waals surface area contributed by atoms with Crippen LogP contribution in [0, 0.1) is 0 Å². The van der Waals surface area contributed by atoms with E-state index in [-0.39, 0.29) is 0 Å². The standard InChI is InChI=1S/C19H26N4/c1-14(2)20-19-22-17(15-9-5-3-6-10-15)13-18(23-19)21-16-11-7-4-8-12-16/h3,5-6,9-10,13-14,16H,4,7-8,11-12H2,1-2H3,(H2,20,21,22,23). The molecule has 23 heavy (non-hydrogen) atoms. The van der Waals surface area contributed by atoms with Crippen molar-refractivity contribution in [3.05, 3.63) is 36.4 Å². The molecule has 3 rings (SSSR count). The van der Waals surface area contributed by atoms with Crippen molar-refractivity contribution in [1.29, 1.82) is 0 Å². The number of hydrogen-bond acceptors (Lipinski definition) is 4. The number of hydrogen-bond donors (Lipinski definition) is 2. The lowest BCUT2D eigenvalue weighted by Crippen LogP contribution is -2.23. The van der Waals surface area contributed by atoms with Gasteiger partial charge in [-0.25, -0.2) is 4.98 Å². The summed E-state index contributed by atoms with van der Waals surface area (Å²) in [5, 5.41) is 6.94. The highest BCUT2D eigenvalue weighted by Crippen LogP contribution is 2.25. The first-order valence-electron chi connectivity index (χ1n) is 8.68. The van der Waals surface area contributed by atoms with Crippen LogP contribution in [0.5, 0.6) is 0 Å². The first kappa shape index (κ1) is 15.8. The molecule has 1 aromatic heterocycles. The number of nitrogens with zero attached hydrogens (tertiary/aromatic N) is 2. The lowest BCUT2D eigenvalue weighted by molar-refractivity contribution is 0.462. The third kappa shape index (κ3) is 4.44. The minimum atomic E-state index is 0.309. The second-order valence-electron chi connectivity index (χ2n) is 6.61. The average molecular weight is 310 g/mol. The molecule has 1 heterocycles. The van der Waals surface area contributed by atoms with Crippen molar-refractivity contribution in [2.75, 3.05) is 10.6 Å². The van der Waals surface area contributed by atoms with E-state index in [1.807, 2.05) is 18.2 Å². The van der Waals surface area contributed by atoms with Crippen LogP contribution >= 0.6 is 0 Å². The summed E-state index contributed by atoms with van der Waals surface area (Å²) in [6, 6.07) is 13.2. The molecule has 0 aliphatic heterocycles. The van der Waals surface area contributed by atoms with Crippen molar-refractivity contribution in [2.45, 2.75) is 58.0 Å². The predicted molar refractivity (Wildman–Crippen MR) is 96.7 cm³/mol. The van der Waals surface area contributed by atoms with Gasteiger partial charge in [0.2, 0.25) is 5.95 Å². The van der Waals surface area contributed by atoms with Gasteiger partial charge < -0.3 is 10.6 Å². The molecule has 2 N–H and O–H groups in total. The highest BCUT2D eigenvalue weighted by atomic mass is 15.2. The minimum Gasteiger partial charge on any atom is -0.367 e. The summed E-state index contributed by atoms with van der Waals surface area (Å²) in [5.41, 5.74) is 2.08. The summed E-state index contributed by atoms with van der Waals surface area (Å²) in [6.07, 6.45) is 6.45. The Kier molecular flexibility index (Phi) is 5.11. The Labute approximate surface area is 138 Å². The van der Waals surface area contributed by atoms with Crippen LogP contribution in [0.2, 0.25) is 0 Å². The highest BCUT2D eigenvalue weighted by molar-refractivity contribution is 5.64. The Hall–Kier alpha value is -2.10. The van der Waals surface area contributed by atoms with Crippen LogP contribution in [0.1, 0.15) is 46.0 Å². The number of nitrogens with one attached hydrogen (secondary N) is 2. The first-order chi connectivity index (χ1) is 11.2. The molecule has 1 aliphatic rings. The lowest BCUT2D eigenvalue weighted by Gasteiger charge is -2.24. The number of benzene rings is 1. The molecule has 1 aliphatic carbocycles. The maximum Gasteiger partial charge on any atom is 0.225 e. The average Bonchev–Trinajstić information content (AvgIpc) is 2.56. The van der Waals surface area contributed by atoms with Gasteiger partial charge >= 0.3 is 0 Å². The molecule has 0 atom stereocenters. The summed E-state index contributed by atoms with van der Waals surface area (Å²) < 4.78 is 0. The monoisotopic (exact) mass is 310 g/mol. The van der Waals surface area contributed by atoms with Crippen LogP contribution in [-0.2, 0) is 0 Å². The van der Waals surface area contributed by atoms with E-state index < -0.39 is 0 Å². The minimum absolute atomic E-state index is 0.309. The normalized spacial score (nSPS) is 15.6. The van der Waals surface area contributed by atoms with Crippen molar-refractivity contribution in [3.63, 3.8) is 0 Å². The molecular formula is C19H26N4. The van der Waals surface area contributed by atoms with Crippen LogP contribution in [0.4, 0.5) is 11.8 Å². The van der Waals surface area contributed by atoms with Crippen molar-refractivity contribution in [3.8, 4) is 11.3 Å². The Morgan fingerprint density at radius 3 is 2.43 bits per heavy atom. The molecule has 0 unspecified atom stereocenters. The summed E-state index contributed by atoms with van der Waals surface area (Å²) in [4.78, 5) is 9.33. The molecule has 2 aromatic rings. The zero-order chi connectivity index (χ0) is 16.1. The maximum atomic E-state index is 4.67. The summed E-state index contributed by atoms with van der Waals surface area (Å²) in [5.74, 6) is 1.62. The largest absolute Gasteiger partial charge is 0.367 e. The predicted octanol–water partition coefficient (Wildman–Crippen LogP) is 4.71. The molecule has 0 radical (unpaired) electrons. The number of rotatable bonds is 5. The van der Waals surface area contributed by atoms with E-state index in [2.05, 4.69) is 52.6 Å². The third-order valence-electron chi connectivity index (χ3n) is 4.17. The smallest absolute Gasteiger partial charge is 0.225 e. The molecule has 122 valence electrons. The van der Waals surface area contributed by atoms with Crippen molar-refractivity contribution >= 4 is 11.8 Å². The molecular weight excluding hydrogens is 284 g/mol. The summed E-state index contributed by atoms with van der Waals surface area (Å²) in [7, 11) is 0. The van der Waals surface area contributed by atoms with Gasteiger partial charge in [-0.15, -0.1) is 0 Å². The van der Waals surface area contributed by atoms with Gasteiger partial charge in [0.1, 0.15) is 5.82 Å². The van der Waals surface area contributed by atoms with Crippen LogP contribution in [0.25, 0.3) is 11.3 Å². The quantitative estimate of drug-likeness (QED) is 0.840. The molecule has 0 amide bonds. The van der Waals surface area contributed by atoms with Gasteiger partial charge in [0.25, 0.3) is 0 Å². The second-order valence-corrected chi connectivity index (χ2v) is 6.61. The van der Waals surface area contributed by atoms with E-state index >= 15 is 0 Å². The van der Waals surface area contributed by atoms with Crippen molar-refractivity contribution in [2.24, 2.45) is 0 Å². The lowest BCUT2D eigenvalue weighted by atomic mass is 9.95. The van der Waals surface area contributed by atoms with Crippen molar-refractivity contribution in [1.82, 2.24) is 9.97 Å². The van der Waals surface area contributed by atoms with E-state index in [1.54, 1.807) is 0 Å². The number of aromatic nitrogens is 2. The summed E-state index contributed by atoms with van der Waals surface area (Å²) >= 11 is 0. The highest BCUT2D eigenvalue weighted by Gasteiger charge is 2.15. The molecule has 1 aromatic carbocycles. The van der Waals surface area contributed by atoms with Gasteiger partial charge in [-0.1, -0.05) is 49.6 Å². The van der Waals surface area contributed by atoms with Crippen LogP contribution in [-0.4, -0.2) is 22.1 Å². The number of anilines is 2. The first-order valence-corrected chi connectivity index (χ1v) is 8.68. The Balaban J connectivity index is 1.87. The zero-order valence-electron chi connectivity index (χ0n) is 14.0. The third-order valence-corrected chi connectivity index (χ3v) is 4.17. The molecule has 4 nitrogen and oxygen atoms in total. The van der Waals surface area contributed by atoms with Crippen LogP contribution in [0.3, 0.4) is 0 Å². The molecule has 1 saturated carbocycles. The molecule has 0 bridgehead atoms. The Morgan fingerprint density at radius 1 is 1.00 bits per heavy atom. The maximum absolute atomic E-state index is 4.67. The molecule has 0 spiro atoms. The van der Waals surface area contributed by atoms with Crippen molar-refractivity contribution < 1.29 is 0 Å². The second kappa shape index (κ2) is 7.44. The van der Waals surface area contributed by atoms with E-state index in [1.165, 1.54) is 32.1 Å². The molecule has 4 heteroatoms. The SMILES string of the molecule is CC(C)Nc1nc(NC2CCCCC2)cc(-c2ccccc2)n1. The Morgan fingerprint density at radius 2 is 1.74 bits per heavy atom. The van der Waals surface area contributed by atoms with Gasteiger partial charge in [-0.3, -0.25) is 0 Å². The Bertz CT molecular complexity index is 619. The fraction of sp³-hybridized carbons (Fsp3) is 0.474. The van der Waals surface area contributed by atoms with Gasteiger partial charge in [-0.05, 0) is 26.7 Å².